The summed E-state index contributed by atoms with van der Waals surface area (Å²) in [6, 6.07) is 9.67. The second kappa shape index (κ2) is 6.16. The van der Waals surface area contributed by atoms with Crippen molar-refractivity contribution in [2.45, 2.75) is 11.7 Å². The highest BCUT2D eigenvalue weighted by Crippen LogP contribution is 2.22. The third-order valence-electron chi connectivity index (χ3n) is 2.31. The molecule has 0 radical (unpaired) electrons. The molecule has 0 spiro atoms. The summed E-state index contributed by atoms with van der Waals surface area (Å²) in [4.78, 5) is 11.5. The molecule has 0 aromatic heterocycles. The van der Waals surface area contributed by atoms with E-state index in [0.29, 0.717) is 11.6 Å². The van der Waals surface area contributed by atoms with Crippen LogP contribution >= 0.6 is 11.8 Å². The van der Waals surface area contributed by atoms with Gasteiger partial charge in [-0.05, 0) is 12.0 Å². The van der Waals surface area contributed by atoms with Crippen LogP contribution in [0.15, 0.2) is 53.2 Å². The van der Waals surface area contributed by atoms with Gasteiger partial charge in [0.1, 0.15) is 0 Å². The number of carbonyl (C=O) groups excluding carboxylic acids is 1. The van der Waals surface area contributed by atoms with E-state index in [1.54, 1.807) is 12.3 Å². The van der Waals surface area contributed by atoms with E-state index < -0.39 is 0 Å². The molecular formula is C13H13N3OS. The first-order valence-corrected chi connectivity index (χ1v) is 6.42. The molecule has 1 aliphatic rings. The average Bonchev–Trinajstić information content (AvgIpc) is 2.72. The van der Waals surface area contributed by atoms with E-state index in [9.17, 15) is 4.79 Å². The van der Waals surface area contributed by atoms with Crippen LogP contribution in [-0.4, -0.2) is 22.5 Å². The Kier molecular flexibility index (Phi) is 4.30. The Morgan fingerprint density at radius 1 is 1.39 bits per heavy atom. The quantitative estimate of drug-likeness (QED) is 0.512. The molecule has 18 heavy (non-hydrogen) atoms. The molecule has 1 unspecified atom stereocenters. The van der Waals surface area contributed by atoms with Crippen LogP contribution in [0.3, 0.4) is 0 Å². The Labute approximate surface area is 110 Å². The Balaban J connectivity index is 1.97. The van der Waals surface area contributed by atoms with Crippen LogP contribution < -0.4 is 5.32 Å². The fourth-order valence-electron chi connectivity index (χ4n) is 1.45. The molecule has 4 nitrogen and oxygen atoms in total. The van der Waals surface area contributed by atoms with Crippen molar-refractivity contribution in [2.75, 3.05) is 0 Å². The molecule has 0 bridgehead atoms. The summed E-state index contributed by atoms with van der Waals surface area (Å²) in [6.07, 6.45) is 4.02. The highest BCUT2D eigenvalue weighted by Gasteiger charge is 2.28. The van der Waals surface area contributed by atoms with Crippen LogP contribution in [0.4, 0.5) is 0 Å². The Morgan fingerprint density at radius 2 is 2.17 bits per heavy atom. The zero-order chi connectivity index (χ0) is 12.8. The summed E-state index contributed by atoms with van der Waals surface area (Å²) in [5, 5.41) is 11.0. The Morgan fingerprint density at radius 3 is 2.89 bits per heavy atom. The zero-order valence-electron chi connectivity index (χ0n) is 9.74. The third kappa shape index (κ3) is 3.30. The van der Waals surface area contributed by atoms with Crippen molar-refractivity contribution in [3.8, 4) is 0 Å². The fraction of sp³-hybridized carbons (Fsp3) is 0.154. The van der Waals surface area contributed by atoms with E-state index in [1.165, 1.54) is 11.8 Å². The molecule has 1 amide bonds. The lowest BCUT2D eigenvalue weighted by atomic mass is 10.2. The monoisotopic (exact) mass is 259 g/mol. The van der Waals surface area contributed by atoms with Crippen LogP contribution in [-0.2, 0) is 4.79 Å². The molecule has 1 aliphatic heterocycles. The second-order valence-electron chi connectivity index (χ2n) is 3.68. The third-order valence-corrected chi connectivity index (χ3v) is 3.41. The summed E-state index contributed by atoms with van der Waals surface area (Å²) < 4.78 is 0. The molecule has 92 valence electrons. The van der Waals surface area contributed by atoms with Crippen LogP contribution in [0, 0.1) is 0 Å². The summed E-state index contributed by atoms with van der Waals surface area (Å²) in [5.41, 5.74) is 0.971. The van der Waals surface area contributed by atoms with Gasteiger partial charge in [0.05, 0.1) is 11.5 Å². The number of carbonyl (C=O) groups is 1. The Bertz CT molecular complexity index is 496. The molecule has 1 aromatic carbocycles. The predicted molar refractivity (Wildman–Crippen MR) is 75.8 cm³/mol. The van der Waals surface area contributed by atoms with Gasteiger partial charge in [-0.15, -0.1) is 11.7 Å². The van der Waals surface area contributed by atoms with Gasteiger partial charge in [-0.3, -0.25) is 4.79 Å². The number of hydrogen-bond acceptors (Lipinski definition) is 4. The maximum Gasteiger partial charge on any atom is 0.239 e. The van der Waals surface area contributed by atoms with E-state index in [-0.39, 0.29) is 11.2 Å². The van der Waals surface area contributed by atoms with Crippen LogP contribution in [0.1, 0.15) is 12.0 Å². The average molecular weight is 259 g/mol. The predicted octanol–water partition coefficient (Wildman–Crippen LogP) is 2.18. The summed E-state index contributed by atoms with van der Waals surface area (Å²) in [7, 11) is 0. The number of hydrogen-bond donors (Lipinski definition) is 1. The van der Waals surface area contributed by atoms with Gasteiger partial charge in [-0.1, -0.05) is 48.2 Å². The van der Waals surface area contributed by atoms with Crippen molar-refractivity contribution < 1.29 is 4.79 Å². The van der Waals surface area contributed by atoms with Crippen molar-refractivity contribution in [1.29, 1.82) is 0 Å². The first-order chi connectivity index (χ1) is 8.79. The van der Waals surface area contributed by atoms with Crippen molar-refractivity contribution in [1.82, 2.24) is 5.32 Å². The maximum atomic E-state index is 11.5. The highest BCUT2D eigenvalue weighted by molar-refractivity contribution is 8.15. The van der Waals surface area contributed by atoms with Gasteiger partial charge in [0.2, 0.25) is 5.91 Å². The van der Waals surface area contributed by atoms with Gasteiger partial charge in [0, 0.05) is 0 Å². The summed E-state index contributed by atoms with van der Waals surface area (Å²) >= 11 is 1.38. The minimum absolute atomic E-state index is 0.0337. The van der Waals surface area contributed by atoms with Crippen LogP contribution in [0.2, 0.25) is 0 Å². The topological polar surface area (TPSA) is 53.8 Å². The molecule has 1 fully saturated rings. The number of amidine groups is 1. The van der Waals surface area contributed by atoms with Gasteiger partial charge >= 0.3 is 0 Å². The number of thioether (sulfide) groups is 1. The van der Waals surface area contributed by atoms with E-state index in [4.69, 9.17) is 0 Å². The number of nitrogens with zero attached hydrogens (tertiary/aromatic N) is 2. The van der Waals surface area contributed by atoms with Crippen LogP contribution in [0.25, 0.3) is 0 Å². The molecule has 5 heteroatoms. The lowest BCUT2D eigenvalue weighted by Gasteiger charge is -1.96. The standard InChI is InChI=1S/C13H13N3OS/c1-2-6-11-12(17)15-13(18-11)16-14-9-10-7-4-3-5-8-10/h2-5,7-9,11H,1,6H2,(H,15,16,17)/b14-9+. The van der Waals surface area contributed by atoms with Crippen LogP contribution in [0.5, 0.6) is 0 Å². The molecule has 1 heterocycles. The number of benzene rings is 1. The minimum Gasteiger partial charge on any atom is -0.303 e. The molecule has 0 aliphatic carbocycles. The largest absolute Gasteiger partial charge is 0.303 e. The normalized spacial score (nSPS) is 21.4. The fourth-order valence-corrected chi connectivity index (χ4v) is 2.37. The molecule has 2 rings (SSSR count). The van der Waals surface area contributed by atoms with E-state index in [0.717, 1.165) is 5.56 Å². The second-order valence-corrected chi connectivity index (χ2v) is 4.87. The van der Waals surface area contributed by atoms with E-state index in [2.05, 4.69) is 22.1 Å². The van der Waals surface area contributed by atoms with Gasteiger partial charge in [-0.2, -0.15) is 5.10 Å². The first kappa shape index (κ1) is 12.6. The highest BCUT2D eigenvalue weighted by atomic mass is 32.2. The molecule has 1 N–H and O–H groups in total. The minimum atomic E-state index is -0.131. The zero-order valence-corrected chi connectivity index (χ0v) is 10.6. The van der Waals surface area contributed by atoms with Gasteiger partial charge < -0.3 is 5.32 Å². The van der Waals surface area contributed by atoms with Gasteiger partial charge in [-0.25, -0.2) is 0 Å². The number of rotatable bonds is 4. The number of nitrogens with one attached hydrogen (secondary N) is 1. The summed E-state index contributed by atoms with van der Waals surface area (Å²) in [6.45, 7) is 3.62. The smallest absolute Gasteiger partial charge is 0.239 e. The van der Waals surface area contributed by atoms with E-state index in [1.807, 2.05) is 30.3 Å². The number of allylic oxidation sites excluding steroid dienone is 1. The van der Waals surface area contributed by atoms with Gasteiger partial charge in [0.25, 0.3) is 0 Å². The summed E-state index contributed by atoms with van der Waals surface area (Å²) in [5.74, 6) is -0.0337. The molecule has 0 saturated carbocycles. The van der Waals surface area contributed by atoms with Gasteiger partial charge in [0.15, 0.2) is 5.17 Å². The van der Waals surface area contributed by atoms with Crippen molar-refractivity contribution in [3.05, 3.63) is 48.6 Å². The number of amides is 1. The Hall–Kier alpha value is -1.88. The lowest BCUT2D eigenvalue weighted by Crippen LogP contribution is -2.24. The molecule has 1 saturated heterocycles. The lowest BCUT2D eigenvalue weighted by molar-refractivity contribution is -0.118. The SMILES string of the molecule is C=CCC1S/C(=N/N=C/c2ccccc2)NC1=O. The molecular weight excluding hydrogens is 246 g/mol. The maximum absolute atomic E-state index is 11.5. The molecule has 1 aromatic rings. The van der Waals surface area contributed by atoms with E-state index >= 15 is 0 Å². The van der Waals surface area contributed by atoms with Crippen molar-refractivity contribution >= 4 is 29.1 Å². The van der Waals surface area contributed by atoms with Crippen molar-refractivity contribution in [3.63, 3.8) is 0 Å². The first-order valence-electron chi connectivity index (χ1n) is 5.54. The van der Waals surface area contributed by atoms with Crippen molar-refractivity contribution in [2.24, 2.45) is 10.2 Å². The molecule has 1 atom stereocenters.